The molecular formula is C20H23BrN2O5S. The molecule has 2 aromatic rings. The Labute approximate surface area is 181 Å². The van der Waals surface area contributed by atoms with E-state index in [0.717, 1.165) is 9.35 Å². The Morgan fingerprint density at radius 3 is 2.38 bits per heavy atom. The van der Waals surface area contributed by atoms with Crippen molar-refractivity contribution in [2.75, 3.05) is 6.54 Å². The summed E-state index contributed by atoms with van der Waals surface area (Å²) in [6.45, 7) is 5.08. The summed E-state index contributed by atoms with van der Waals surface area (Å²) >= 11 is 4.56. The molecule has 2 N–H and O–H groups in total. The molecule has 2 amide bonds. The lowest BCUT2D eigenvalue weighted by Gasteiger charge is -2.24. The molecule has 29 heavy (non-hydrogen) atoms. The molecule has 0 fully saturated rings. The average Bonchev–Trinajstić information content (AvgIpc) is 3.09. The summed E-state index contributed by atoms with van der Waals surface area (Å²) in [5, 5.41) is 5.10. The van der Waals surface area contributed by atoms with Crippen molar-refractivity contribution < 1.29 is 23.9 Å². The highest BCUT2D eigenvalue weighted by molar-refractivity contribution is 9.11. The summed E-state index contributed by atoms with van der Waals surface area (Å²) < 4.78 is 11.3. The van der Waals surface area contributed by atoms with Crippen LogP contribution in [0.5, 0.6) is 0 Å². The van der Waals surface area contributed by atoms with E-state index in [0.29, 0.717) is 4.88 Å². The number of rotatable bonds is 7. The number of ether oxygens (including phenoxy) is 2. The third-order valence-electron chi connectivity index (χ3n) is 3.46. The molecule has 0 bridgehead atoms. The molecule has 0 aliphatic heterocycles. The van der Waals surface area contributed by atoms with Crippen molar-refractivity contribution in [3.05, 3.63) is 56.7 Å². The van der Waals surface area contributed by atoms with Crippen molar-refractivity contribution >= 4 is 45.2 Å². The van der Waals surface area contributed by atoms with Crippen LogP contribution in [0.4, 0.5) is 4.79 Å². The lowest BCUT2D eigenvalue weighted by molar-refractivity contribution is -0.157. The molecule has 0 aliphatic carbocycles. The van der Waals surface area contributed by atoms with Crippen molar-refractivity contribution in [2.45, 2.75) is 39.0 Å². The Kier molecular flexibility index (Phi) is 8.21. The van der Waals surface area contributed by atoms with Crippen LogP contribution in [-0.4, -0.2) is 36.2 Å². The number of nitrogens with one attached hydrogen (secondary N) is 2. The summed E-state index contributed by atoms with van der Waals surface area (Å²) in [6.07, 6.45) is -0.780. The fourth-order valence-electron chi connectivity index (χ4n) is 2.19. The summed E-state index contributed by atoms with van der Waals surface area (Å²) in [5.41, 5.74) is 0.0705. The lowest BCUT2D eigenvalue weighted by atomic mass is 10.2. The van der Waals surface area contributed by atoms with Gasteiger partial charge in [0, 0.05) is 6.54 Å². The van der Waals surface area contributed by atoms with Crippen molar-refractivity contribution in [1.82, 2.24) is 10.6 Å². The van der Waals surface area contributed by atoms with Gasteiger partial charge >= 0.3 is 12.1 Å². The SMILES string of the molecule is CC(C)(C)OC(=O)C(CNC(=O)c1ccc(Br)s1)NC(=O)OCc1ccccc1. The maximum atomic E-state index is 12.5. The minimum atomic E-state index is -1.09. The fourth-order valence-corrected chi connectivity index (χ4v) is 3.49. The molecule has 156 valence electrons. The molecule has 2 rings (SSSR count). The number of halogens is 1. The number of esters is 1. The minimum absolute atomic E-state index is 0.0588. The van der Waals surface area contributed by atoms with E-state index in [2.05, 4.69) is 26.6 Å². The molecule has 0 radical (unpaired) electrons. The third kappa shape index (κ3) is 8.25. The number of alkyl carbamates (subject to hydrolysis) is 1. The first-order valence-electron chi connectivity index (χ1n) is 8.87. The first-order valence-corrected chi connectivity index (χ1v) is 10.5. The van der Waals surface area contributed by atoms with Gasteiger partial charge in [0.25, 0.3) is 5.91 Å². The van der Waals surface area contributed by atoms with E-state index in [-0.39, 0.29) is 19.1 Å². The summed E-state index contributed by atoms with van der Waals surface area (Å²) in [6, 6.07) is 11.5. The quantitative estimate of drug-likeness (QED) is 0.584. The first kappa shape index (κ1) is 22.9. The molecule has 7 nitrogen and oxygen atoms in total. The van der Waals surface area contributed by atoms with E-state index >= 15 is 0 Å². The molecule has 1 unspecified atom stereocenters. The lowest BCUT2D eigenvalue weighted by Crippen LogP contribution is -2.50. The van der Waals surface area contributed by atoms with Crippen LogP contribution in [0.25, 0.3) is 0 Å². The predicted molar refractivity (Wildman–Crippen MR) is 114 cm³/mol. The number of thiophene rings is 1. The number of hydrogen-bond donors (Lipinski definition) is 2. The van der Waals surface area contributed by atoms with Crippen molar-refractivity contribution in [2.24, 2.45) is 0 Å². The zero-order valence-electron chi connectivity index (χ0n) is 16.4. The van der Waals surface area contributed by atoms with Crippen LogP contribution in [-0.2, 0) is 20.9 Å². The van der Waals surface area contributed by atoms with Gasteiger partial charge in [-0.1, -0.05) is 30.3 Å². The number of hydrogen-bond acceptors (Lipinski definition) is 6. The molecule has 0 saturated carbocycles. The highest BCUT2D eigenvalue weighted by atomic mass is 79.9. The average molecular weight is 483 g/mol. The Balaban J connectivity index is 1.97. The topological polar surface area (TPSA) is 93.7 Å². The van der Waals surface area contributed by atoms with Gasteiger partial charge in [0.15, 0.2) is 0 Å². The van der Waals surface area contributed by atoms with Gasteiger partial charge in [0.1, 0.15) is 18.2 Å². The molecule has 1 atom stereocenters. The van der Waals surface area contributed by atoms with Crippen molar-refractivity contribution in [3.63, 3.8) is 0 Å². The number of amides is 2. The van der Waals surface area contributed by atoms with Gasteiger partial charge in [-0.15, -0.1) is 11.3 Å². The van der Waals surface area contributed by atoms with Crippen LogP contribution in [0, 0.1) is 0 Å². The third-order valence-corrected chi connectivity index (χ3v) is 5.08. The Bertz CT molecular complexity index is 848. The van der Waals surface area contributed by atoms with Gasteiger partial charge < -0.3 is 20.1 Å². The fraction of sp³-hybridized carbons (Fsp3) is 0.350. The summed E-state index contributed by atoms with van der Waals surface area (Å²) in [7, 11) is 0. The Morgan fingerprint density at radius 2 is 1.79 bits per heavy atom. The molecule has 1 aromatic carbocycles. The van der Waals surface area contributed by atoms with Gasteiger partial charge in [0.05, 0.1) is 8.66 Å². The largest absolute Gasteiger partial charge is 0.458 e. The maximum Gasteiger partial charge on any atom is 0.408 e. The van der Waals surface area contributed by atoms with Gasteiger partial charge in [-0.3, -0.25) is 4.79 Å². The van der Waals surface area contributed by atoms with Crippen LogP contribution in [0.3, 0.4) is 0 Å². The second-order valence-electron chi connectivity index (χ2n) is 7.11. The van der Waals surface area contributed by atoms with Gasteiger partial charge in [-0.2, -0.15) is 0 Å². The maximum absolute atomic E-state index is 12.5. The molecule has 9 heteroatoms. The molecule has 0 saturated heterocycles. The van der Waals surface area contributed by atoms with E-state index in [4.69, 9.17) is 9.47 Å². The number of benzene rings is 1. The van der Waals surface area contributed by atoms with Crippen molar-refractivity contribution in [1.29, 1.82) is 0 Å². The Morgan fingerprint density at radius 1 is 1.10 bits per heavy atom. The van der Waals surface area contributed by atoms with E-state index in [1.165, 1.54) is 11.3 Å². The zero-order valence-corrected chi connectivity index (χ0v) is 18.8. The van der Waals surface area contributed by atoms with E-state index in [9.17, 15) is 14.4 Å². The molecule has 1 heterocycles. The van der Waals surface area contributed by atoms with Gasteiger partial charge in [-0.25, -0.2) is 9.59 Å². The number of carbonyl (C=O) groups excluding carboxylic acids is 3. The minimum Gasteiger partial charge on any atom is -0.458 e. The van der Waals surface area contributed by atoms with Gasteiger partial charge in [0.2, 0.25) is 0 Å². The van der Waals surface area contributed by atoms with Crippen molar-refractivity contribution in [3.8, 4) is 0 Å². The second kappa shape index (κ2) is 10.4. The van der Waals surface area contributed by atoms with Crippen LogP contribution in [0.1, 0.15) is 36.0 Å². The van der Waals surface area contributed by atoms with Gasteiger partial charge in [-0.05, 0) is 54.4 Å². The van der Waals surface area contributed by atoms with Crippen LogP contribution >= 0.6 is 27.3 Å². The molecule has 1 aromatic heterocycles. The van der Waals surface area contributed by atoms with E-state index < -0.39 is 23.7 Å². The normalized spacial score (nSPS) is 12.0. The molecule has 0 aliphatic rings. The predicted octanol–water partition coefficient (Wildman–Crippen LogP) is 3.88. The van der Waals surface area contributed by atoms with Crippen LogP contribution in [0.2, 0.25) is 0 Å². The second-order valence-corrected chi connectivity index (χ2v) is 9.57. The molecular weight excluding hydrogens is 460 g/mol. The zero-order chi connectivity index (χ0) is 21.4. The van der Waals surface area contributed by atoms with E-state index in [1.807, 2.05) is 30.3 Å². The summed E-state index contributed by atoms with van der Waals surface area (Å²) in [5.74, 6) is -1.02. The summed E-state index contributed by atoms with van der Waals surface area (Å²) in [4.78, 5) is 37.4. The van der Waals surface area contributed by atoms with Crippen LogP contribution in [0.15, 0.2) is 46.3 Å². The Hall–Kier alpha value is -2.39. The smallest absolute Gasteiger partial charge is 0.408 e. The van der Waals surface area contributed by atoms with Crippen LogP contribution < -0.4 is 10.6 Å². The van der Waals surface area contributed by atoms with E-state index in [1.54, 1.807) is 32.9 Å². The highest BCUT2D eigenvalue weighted by Crippen LogP contribution is 2.21. The highest BCUT2D eigenvalue weighted by Gasteiger charge is 2.28. The number of carbonyl (C=O) groups is 3. The monoisotopic (exact) mass is 482 g/mol. The molecule has 0 spiro atoms. The standard InChI is InChI=1S/C20H23BrN2O5S/c1-20(2,3)28-18(25)14(11-22-17(24)15-9-10-16(21)29-15)23-19(26)27-12-13-7-5-4-6-8-13/h4-10,14H,11-12H2,1-3H3,(H,22,24)(H,23,26). The first-order chi connectivity index (χ1) is 13.6.